The third-order valence-corrected chi connectivity index (χ3v) is 5.62. The normalized spacial score (nSPS) is 11.2. The van der Waals surface area contributed by atoms with Crippen molar-refractivity contribution in [1.82, 2.24) is 14.5 Å². The van der Waals surface area contributed by atoms with E-state index in [-0.39, 0.29) is 5.78 Å². The third kappa shape index (κ3) is 3.53. The van der Waals surface area contributed by atoms with Crippen LogP contribution in [0.2, 0.25) is 0 Å². The molecule has 4 aromatic rings. The van der Waals surface area contributed by atoms with Gasteiger partial charge >= 0.3 is 0 Å². The Bertz CT molecular complexity index is 1090. The van der Waals surface area contributed by atoms with Gasteiger partial charge in [0.05, 0.1) is 24.1 Å². The van der Waals surface area contributed by atoms with Crippen molar-refractivity contribution in [2.45, 2.75) is 25.4 Å². The predicted octanol–water partition coefficient (Wildman–Crippen LogP) is 4.66. The van der Waals surface area contributed by atoms with Crippen LogP contribution >= 0.6 is 11.8 Å². The summed E-state index contributed by atoms with van der Waals surface area (Å²) in [5, 5.41) is 1.81. The summed E-state index contributed by atoms with van der Waals surface area (Å²) in [4.78, 5) is 21.5. The molecule has 0 spiro atoms. The van der Waals surface area contributed by atoms with Crippen LogP contribution < -0.4 is 0 Å². The van der Waals surface area contributed by atoms with E-state index in [1.54, 1.807) is 12.6 Å². The Morgan fingerprint density at radius 3 is 2.81 bits per heavy atom. The van der Waals surface area contributed by atoms with Crippen molar-refractivity contribution in [3.05, 3.63) is 77.8 Å². The molecule has 136 valence electrons. The smallest absolute Gasteiger partial charge is 0.174 e. The van der Waals surface area contributed by atoms with Crippen LogP contribution in [-0.4, -0.2) is 26.1 Å². The van der Waals surface area contributed by atoms with Crippen LogP contribution in [0.15, 0.2) is 64.5 Å². The van der Waals surface area contributed by atoms with E-state index in [4.69, 9.17) is 4.42 Å². The number of benzene rings is 1. The van der Waals surface area contributed by atoms with Gasteiger partial charge in [0, 0.05) is 22.3 Å². The molecule has 1 aromatic carbocycles. The van der Waals surface area contributed by atoms with Crippen LogP contribution in [0.4, 0.5) is 0 Å². The van der Waals surface area contributed by atoms with Gasteiger partial charge in [0.1, 0.15) is 17.1 Å². The maximum atomic E-state index is 12.8. The molecule has 0 unspecified atom stereocenters. The molecule has 0 fully saturated rings. The van der Waals surface area contributed by atoms with Crippen molar-refractivity contribution in [3.8, 4) is 0 Å². The van der Waals surface area contributed by atoms with Crippen molar-refractivity contribution in [1.29, 1.82) is 0 Å². The Kier molecular flexibility index (Phi) is 4.81. The molecule has 5 nitrogen and oxygen atoms in total. The molecule has 0 aliphatic heterocycles. The SMILES string of the molecule is Cc1cc(C(=O)CSc2ncnc3ccccc23)c(C)n1Cc1ccco1. The minimum absolute atomic E-state index is 0.0986. The van der Waals surface area contributed by atoms with Gasteiger partial charge in [0.25, 0.3) is 0 Å². The number of fused-ring (bicyclic) bond motifs is 1. The molecular formula is C21H19N3O2S. The van der Waals surface area contributed by atoms with Gasteiger partial charge in [-0.1, -0.05) is 30.0 Å². The van der Waals surface area contributed by atoms with Crippen LogP contribution in [0.3, 0.4) is 0 Å². The number of aromatic nitrogens is 3. The number of Topliss-reactive ketones (excluding diaryl/α,β-unsaturated/α-hetero) is 1. The lowest BCUT2D eigenvalue weighted by molar-refractivity contribution is 0.102. The maximum absolute atomic E-state index is 12.8. The van der Waals surface area contributed by atoms with Gasteiger partial charge in [-0.05, 0) is 38.1 Å². The lowest BCUT2D eigenvalue weighted by Gasteiger charge is -2.08. The number of furan rings is 1. The first-order valence-electron chi connectivity index (χ1n) is 8.68. The third-order valence-electron chi connectivity index (χ3n) is 4.61. The van der Waals surface area contributed by atoms with Crippen molar-refractivity contribution in [2.24, 2.45) is 0 Å². The lowest BCUT2D eigenvalue weighted by atomic mass is 10.2. The number of ketones is 1. The number of para-hydroxylation sites is 1. The van der Waals surface area contributed by atoms with Gasteiger partial charge in [-0.25, -0.2) is 9.97 Å². The molecule has 0 saturated carbocycles. The first-order valence-corrected chi connectivity index (χ1v) is 9.67. The molecule has 0 aliphatic carbocycles. The molecule has 0 bridgehead atoms. The average Bonchev–Trinajstić information content (AvgIpc) is 3.30. The highest BCUT2D eigenvalue weighted by Crippen LogP contribution is 2.26. The van der Waals surface area contributed by atoms with E-state index in [1.165, 1.54) is 11.8 Å². The van der Waals surface area contributed by atoms with Crippen molar-refractivity contribution in [2.75, 3.05) is 5.75 Å². The first kappa shape index (κ1) is 17.5. The van der Waals surface area contributed by atoms with E-state index >= 15 is 0 Å². The molecule has 4 rings (SSSR count). The first-order chi connectivity index (χ1) is 13.1. The molecule has 0 N–H and O–H groups in total. The standard InChI is InChI=1S/C21H19N3O2S/c1-14-10-18(15(2)24(14)11-16-6-5-9-26-16)20(25)12-27-21-17-7-3-4-8-19(17)22-13-23-21/h3-10,13H,11-12H2,1-2H3. The summed E-state index contributed by atoms with van der Waals surface area (Å²) < 4.78 is 7.55. The Morgan fingerprint density at radius 1 is 1.15 bits per heavy atom. The van der Waals surface area contributed by atoms with Gasteiger partial charge < -0.3 is 8.98 Å². The van der Waals surface area contributed by atoms with Gasteiger partial charge in [-0.2, -0.15) is 0 Å². The van der Waals surface area contributed by atoms with E-state index in [9.17, 15) is 4.79 Å². The van der Waals surface area contributed by atoms with E-state index < -0.39 is 0 Å². The minimum atomic E-state index is 0.0986. The van der Waals surface area contributed by atoms with E-state index in [0.717, 1.165) is 38.6 Å². The summed E-state index contributed by atoms with van der Waals surface area (Å²) >= 11 is 1.45. The Morgan fingerprint density at radius 2 is 2.00 bits per heavy atom. The zero-order valence-electron chi connectivity index (χ0n) is 15.2. The predicted molar refractivity (Wildman–Crippen MR) is 106 cm³/mol. The number of carbonyl (C=O) groups excluding carboxylic acids is 1. The number of hydrogen-bond acceptors (Lipinski definition) is 5. The summed E-state index contributed by atoms with van der Waals surface area (Å²) in [5.41, 5.74) is 3.65. The van der Waals surface area contributed by atoms with Crippen molar-refractivity contribution in [3.63, 3.8) is 0 Å². The largest absolute Gasteiger partial charge is 0.467 e. The monoisotopic (exact) mass is 377 g/mol. The second-order valence-corrected chi connectivity index (χ2v) is 7.32. The minimum Gasteiger partial charge on any atom is -0.467 e. The summed E-state index contributed by atoms with van der Waals surface area (Å²) in [6.07, 6.45) is 3.21. The average molecular weight is 377 g/mol. The number of aryl methyl sites for hydroxylation is 1. The summed E-state index contributed by atoms with van der Waals surface area (Å²) in [6.45, 7) is 4.62. The molecule has 0 amide bonds. The molecule has 0 aliphatic rings. The fraction of sp³-hybridized carbons (Fsp3) is 0.190. The van der Waals surface area contributed by atoms with E-state index in [0.29, 0.717) is 12.3 Å². The maximum Gasteiger partial charge on any atom is 0.174 e. The molecule has 0 saturated heterocycles. The Hall–Kier alpha value is -2.86. The van der Waals surface area contributed by atoms with Gasteiger partial charge in [0.2, 0.25) is 0 Å². The topological polar surface area (TPSA) is 60.9 Å². The van der Waals surface area contributed by atoms with Gasteiger partial charge in [-0.15, -0.1) is 0 Å². The number of carbonyl (C=O) groups is 1. The highest BCUT2D eigenvalue weighted by atomic mass is 32.2. The zero-order chi connectivity index (χ0) is 18.8. The molecule has 6 heteroatoms. The molecule has 3 aromatic heterocycles. The molecular weight excluding hydrogens is 358 g/mol. The number of nitrogens with zero attached hydrogens (tertiary/aromatic N) is 3. The Balaban J connectivity index is 1.53. The number of hydrogen-bond donors (Lipinski definition) is 0. The van der Waals surface area contributed by atoms with Crippen LogP contribution in [-0.2, 0) is 6.54 Å². The number of thioether (sulfide) groups is 1. The zero-order valence-corrected chi connectivity index (χ0v) is 16.0. The van der Waals surface area contributed by atoms with E-state index in [1.807, 2.05) is 56.3 Å². The Labute approximate surface area is 161 Å². The highest BCUT2D eigenvalue weighted by Gasteiger charge is 2.17. The molecule has 0 atom stereocenters. The van der Waals surface area contributed by atoms with Crippen LogP contribution in [0, 0.1) is 13.8 Å². The molecule has 3 heterocycles. The van der Waals surface area contributed by atoms with Gasteiger partial charge in [0.15, 0.2) is 5.78 Å². The van der Waals surface area contributed by atoms with Crippen LogP contribution in [0.1, 0.15) is 27.5 Å². The van der Waals surface area contributed by atoms with Crippen LogP contribution in [0.25, 0.3) is 10.9 Å². The molecule has 0 radical (unpaired) electrons. The van der Waals surface area contributed by atoms with Crippen molar-refractivity contribution < 1.29 is 9.21 Å². The fourth-order valence-corrected chi connectivity index (χ4v) is 4.07. The summed E-state index contributed by atoms with van der Waals surface area (Å²) in [5.74, 6) is 1.31. The quantitative estimate of drug-likeness (QED) is 0.278. The highest BCUT2D eigenvalue weighted by molar-refractivity contribution is 8.00. The summed E-state index contributed by atoms with van der Waals surface area (Å²) in [7, 11) is 0. The van der Waals surface area contributed by atoms with Crippen LogP contribution in [0.5, 0.6) is 0 Å². The molecule has 27 heavy (non-hydrogen) atoms. The fourth-order valence-electron chi connectivity index (χ4n) is 3.19. The summed E-state index contributed by atoms with van der Waals surface area (Å²) in [6, 6.07) is 13.6. The van der Waals surface area contributed by atoms with E-state index in [2.05, 4.69) is 14.5 Å². The lowest BCUT2D eigenvalue weighted by Crippen LogP contribution is -2.07. The van der Waals surface area contributed by atoms with Crippen molar-refractivity contribution >= 4 is 28.4 Å². The second kappa shape index (κ2) is 7.40. The second-order valence-electron chi connectivity index (χ2n) is 6.36. The number of rotatable bonds is 6. The van der Waals surface area contributed by atoms with Gasteiger partial charge in [-0.3, -0.25) is 4.79 Å².